The summed E-state index contributed by atoms with van der Waals surface area (Å²) in [6.45, 7) is 7.78. The van der Waals surface area contributed by atoms with E-state index in [0.29, 0.717) is 6.61 Å². The van der Waals surface area contributed by atoms with Gasteiger partial charge in [-0.2, -0.15) is 0 Å². The van der Waals surface area contributed by atoms with Gasteiger partial charge in [0.05, 0.1) is 5.52 Å². The van der Waals surface area contributed by atoms with Gasteiger partial charge in [-0.1, -0.05) is 0 Å². The van der Waals surface area contributed by atoms with E-state index in [-0.39, 0.29) is 6.10 Å². The number of nitrogens with one attached hydrogen (secondary N) is 1. The predicted molar refractivity (Wildman–Crippen MR) is 85.7 cm³/mol. The third kappa shape index (κ3) is 2.62. The molecule has 2 aliphatic heterocycles. The fourth-order valence-corrected chi connectivity index (χ4v) is 3.15. The molecule has 4 rings (SSSR count). The Morgan fingerprint density at radius 3 is 2.95 bits per heavy atom. The van der Waals surface area contributed by atoms with E-state index in [1.54, 1.807) is 0 Å². The van der Waals surface area contributed by atoms with Gasteiger partial charge in [0.1, 0.15) is 12.7 Å². The second-order valence-corrected chi connectivity index (χ2v) is 6.01. The quantitative estimate of drug-likeness (QED) is 0.912. The lowest BCUT2D eigenvalue weighted by atomic mass is 10.1. The Morgan fingerprint density at radius 2 is 2.09 bits per heavy atom. The van der Waals surface area contributed by atoms with Crippen LogP contribution in [0.2, 0.25) is 0 Å². The van der Waals surface area contributed by atoms with Crippen molar-refractivity contribution in [3.63, 3.8) is 0 Å². The van der Waals surface area contributed by atoms with Crippen LogP contribution in [0.3, 0.4) is 0 Å². The monoisotopic (exact) mass is 299 g/mol. The van der Waals surface area contributed by atoms with E-state index in [9.17, 15) is 0 Å². The molecule has 116 valence electrons. The molecule has 2 aromatic rings. The number of hydrogen-bond donors (Lipinski definition) is 1. The van der Waals surface area contributed by atoms with Crippen LogP contribution in [-0.2, 0) is 0 Å². The van der Waals surface area contributed by atoms with E-state index in [2.05, 4.69) is 21.3 Å². The van der Waals surface area contributed by atoms with E-state index in [1.165, 1.54) is 0 Å². The Kier molecular flexibility index (Phi) is 3.60. The third-order valence-electron chi connectivity index (χ3n) is 4.31. The highest BCUT2D eigenvalue weighted by Gasteiger charge is 2.25. The van der Waals surface area contributed by atoms with Crippen molar-refractivity contribution in [2.24, 2.45) is 0 Å². The number of piperazine rings is 1. The first-order valence-corrected chi connectivity index (χ1v) is 7.92. The van der Waals surface area contributed by atoms with E-state index >= 15 is 0 Å². The average molecular weight is 299 g/mol. The molecule has 0 bridgehead atoms. The van der Waals surface area contributed by atoms with Gasteiger partial charge in [0.15, 0.2) is 11.5 Å². The van der Waals surface area contributed by atoms with Crippen molar-refractivity contribution < 1.29 is 9.47 Å². The van der Waals surface area contributed by atoms with Crippen LogP contribution in [0.4, 0.5) is 0 Å². The van der Waals surface area contributed by atoms with Crippen molar-refractivity contribution in [3.05, 3.63) is 30.0 Å². The van der Waals surface area contributed by atoms with Crippen molar-refractivity contribution in [2.45, 2.75) is 13.0 Å². The molecule has 0 amide bonds. The number of ether oxygens (including phenoxy) is 2. The van der Waals surface area contributed by atoms with Crippen molar-refractivity contribution in [1.29, 1.82) is 0 Å². The molecular weight excluding hydrogens is 278 g/mol. The fourth-order valence-electron chi connectivity index (χ4n) is 3.15. The molecule has 1 N–H and O–H groups in total. The molecular formula is C17H21N3O2. The molecule has 0 radical (unpaired) electrons. The first-order valence-electron chi connectivity index (χ1n) is 7.92. The Labute approximate surface area is 130 Å². The Bertz CT molecular complexity index is 683. The SMILES string of the molecule is Cc1ccc2c3c(ccc2n1)OCC(CN1CCNCC1)O3. The summed E-state index contributed by atoms with van der Waals surface area (Å²) in [5.74, 6) is 1.67. The van der Waals surface area contributed by atoms with Gasteiger partial charge in [0.2, 0.25) is 0 Å². The molecule has 0 spiro atoms. The van der Waals surface area contributed by atoms with Crippen molar-refractivity contribution in [1.82, 2.24) is 15.2 Å². The van der Waals surface area contributed by atoms with Crippen LogP contribution in [0, 0.1) is 6.92 Å². The van der Waals surface area contributed by atoms with Gasteiger partial charge in [0.25, 0.3) is 0 Å². The standard InChI is InChI=1S/C17H21N3O2/c1-12-2-3-14-15(19-12)4-5-16-17(14)22-13(11-21-16)10-20-8-6-18-7-9-20/h2-5,13,18H,6-11H2,1H3. The molecule has 1 aromatic heterocycles. The maximum Gasteiger partial charge on any atom is 0.171 e. The van der Waals surface area contributed by atoms with E-state index < -0.39 is 0 Å². The number of pyridine rings is 1. The lowest BCUT2D eigenvalue weighted by Crippen LogP contribution is -2.49. The Morgan fingerprint density at radius 1 is 1.23 bits per heavy atom. The molecule has 5 heteroatoms. The Hall–Kier alpha value is -1.85. The van der Waals surface area contributed by atoms with Crippen molar-refractivity contribution >= 4 is 10.9 Å². The maximum absolute atomic E-state index is 6.26. The average Bonchev–Trinajstić information content (AvgIpc) is 2.55. The van der Waals surface area contributed by atoms with Gasteiger partial charge in [0, 0.05) is 43.8 Å². The zero-order valence-corrected chi connectivity index (χ0v) is 12.8. The maximum atomic E-state index is 6.26. The molecule has 0 saturated carbocycles. The molecule has 1 unspecified atom stereocenters. The van der Waals surface area contributed by atoms with Crippen molar-refractivity contribution in [2.75, 3.05) is 39.3 Å². The number of hydrogen-bond acceptors (Lipinski definition) is 5. The third-order valence-corrected chi connectivity index (χ3v) is 4.31. The normalized spacial score (nSPS) is 22.0. The molecule has 1 aromatic carbocycles. The minimum atomic E-state index is 0.0810. The smallest absolute Gasteiger partial charge is 0.171 e. The van der Waals surface area contributed by atoms with Crippen LogP contribution < -0.4 is 14.8 Å². The molecule has 3 heterocycles. The molecule has 1 fully saturated rings. The number of aryl methyl sites for hydroxylation is 1. The first kappa shape index (κ1) is 13.8. The lowest BCUT2D eigenvalue weighted by molar-refractivity contribution is 0.0568. The molecule has 1 atom stereocenters. The Balaban J connectivity index is 1.58. The van der Waals surface area contributed by atoms with E-state index in [0.717, 1.165) is 60.8 Å². The van der Waals surface area contributed by atoms with Crippen molar-refractivity contribution in [3.8, 4) is 11.5 Å². The molecule has 1 saturated heterocycles. The summed E-state index contributed by atoms with van der Waals surface area (Å²) in [7, 11) is 0. The minimum Gasteiger partial charge on any atom is -0.486 e. The summed E-state index contributed by atoms with van der Waals surface area (Å²) >= 11 is 0. The first-order chi connectivity index (χ1) is 10.8. The second-order valence-electron chi connectivity index (χ2n) is 6.01. The van der Waals surface area contributed by atoms with Crippen LogP contribution in [0.1, 0.15) is 5.69 Å². The summed E-state index contributed by atoms with van der Waals surface area (Å²) in [4.78, 5) is 7.00. The van der Waals surface area contributed by atoms with E-state index in [4.69, 9.17) is 9.47 Å². The molecule has 0 aliphatic carbocycles. The number of rotatable bonds is 2. The fraction of sp³-hybridized carbons (Fsp3) is 0.471. The molecule has 2 aliphatic rings. The van der Waals surface area contributed by atoms with Gasteiger partial charge < -0.3 is 14.8 Å². The van der Waals surface area contributed by atoms with Crippen LogP contribution in [-0.4, -0.2) is 55.3 Å². The van der Waals surface area contributed by atoms with Crippen LogP contribution in [0.5, 0.6) is 11.5 Å². The number of nitrogens with zero attached hydrogens (tertiary/aromatic N) is 2. The summed E-state index contributed by atoms with van der Waals surface area (Å²) in [6.07, 6.45) is 0.0810. The summed E-state index contributed by atoms with van der Waals surface area (Å²) < 4.78 is 12.2. The van der Waals surface area contributed by atoms with Crippen LogP contribution in [0.15, 0.2) is 24.3 Å². The minimum absolute atomic E-state index is 0.0810. The van der Waals surface area contributed by atoms with Crippen LogP contribution >= 0.6 is 0 Å². The highest BCUT2D eigenvalue weighted by Crippen LogP contribution is 2.38. The summed E-state index contributed by atoms with van der Waals surface area (Å²) in [5, 5.41) is 4.41. The second kappa shape index (κ2) is 5.74. The number of aromatic nitrogens is 1. The largest absolute Gasteiger partial charge is 0.486 e. The zero-order chi connectivity index (χ0) is 14.9. The lowest BCUT2D eigenvalue weighted by Gasteiger charge is -2.33. The zero-order valence-electron chi connectivity index (χ0n) is 12.8. The topological polar surface area (TPSA) is 46.6 Å². The van der Waals surface area contributed by atoms with Crippen LogP contribution in [0.25, 0.3) is 10.9 Å². The highest BCUT2D eigenvalue weighted by molar-refractivity contribution is 5.88. The molecule has 5 nitrogen and oxygen atoms in total. The number of benzene rings is 1. The predicted octanol–water partition coefficient (Wildman–Crippen LogP) is 1.59. The van der Waals surface area contributed by atoms with E-state index in [1.807, 2.05) is 25.1 Å². The van der Waals surface area contributed by atoms with Gasteiger partial charge in [-0.25, -0.2) is 0 Å². The van der Waals surface area contributed by atoms with Gasteiger partial charge in [-0.15, -0.1) is 0 Å². The van der Waals surface area contributed by atoms with Gasteiger partial charge in [-0.05, 0) is 31.2 Å². The number of fused-ring (bicyclic) bond motifs is 3. The van der Waals surface area contributed by atoms with Gasteiger partial charge in [-0.3, -0.25) is 9.88 Å². The van der Waals surface area contributed by atoms with Gasteiger partial charge >= 0.3 is 0 Å². The molecule has 22 heavy (non-hydrogen) atoms. The summed E-state index contributed by atoms with van der Waals surface area (Å²) in [6, 6.07) is 8.06. The summed E-state index contributed by atoms with van der Waals surface area (Å²) in [5.41, 5.74) is 1.98. The highest BCUT2D eigenvalue weighted by atomic mass is 16.6.